The van der Waals surface area contributed by atoms with Crippen molar-refractivity contribution in [1.29, 1.82) is 5.41 Å². The molecule has 1 aliphatic heterocycles. The average molecular weight is 727 g/mol. The van der Waals surface area contributed by atoms with Gasteiger partial charge in [0.25, 0.3) is 0 Å². The van der Waals surface area contributed by atoms with E-state index in [0.717, 1.165) is 44.1 Å². The number of aromatic nitrogens is 1. The Morgan fingerprint density at radius 3 is 1.71 bits per heavy atom. The molecule has 1 aromatic heterocycles. The fourth-order valence-electron chi connectivity index (χ4n) is 8.17. The van der Waals surface area contributed by atoms with Crippen molar-refractivity contribution in [2.45, 2.75) is 18.5 Å². The molecule has 1 saturated heterocycles. The van der Waals surface area contributed by atoms with E-state index in [2.05, 4.69) is 204 Å². The molecule has 272 valence electrons. The van der Waals surface area contributed by atoms with Crippen LogP contribution in [0.4, 0.5) is 0 Å². The van der Waals surface area contributed by atoms with Gasteiger partial charge in [0.1, 0.15) is 0 Å². The molecule has 3 unspecified atom stereocenters. The molecular weight excluding hydrogens is 685 g/mol. The maximum absolute atomic E-state index is 8.17. The van der Waals surface area contributed by atoms with Crippen molar-refractivity contribution in [2.24, 2.45) is 4.99 Å². The molecule has 3 atom stereocenters. The maximum atomic E-state index is 8.17. The Morgan fingerprint density at radius 2 is 1.05 bits per heavy atom. The van der Waals surface area contributed by atoms with Gasteiger partial charge in [-0.25, -0.2) is 4.99 Å². The summed E-state index contributed by atoms with van der Waals surface area (Å²) in [6.07, 6.45) is 2.54. The number of hydrogen-bond donors (Lipinski definition) is 3. The van der Waals surface area contributed by atoms with Crippen molar-refractivity contribution in [1.82, 2.24) is 20.1 Å². The topological polar surface area (TPSA) is 68.4 Å². The van der Waals surface area contributed by atoms with Crippen LogP contribution in [0.25, 0.3) is 55.2 Å². The van der Waals surface area contributed by atoms with E-state index in [-0.39, 0.29) is 18.5 Å². The summed E-state index contributed by atoms with van der Waals surface area (Å²) < 4.78 is 2.04. The highest BCUT2D eigenvalue weighted by Crippen LogP contribution is 2.39. The van der Waals surface area contributed by atoms with Crippen LogP contribution in [0, 0.1) is 5.41 Å². The van der Waals surface area contributed by atoms with Gasteiger partial charge in [0.2, 0.25) is 0 Å². The van der Waals surface area contributed by atoms with E-state index in [9.17, 15) is 0 Å². The minimum absolute atomic E-state index is 0.0346. The highest BCUT2D eigenvalue weighted by atomic mass is 15.4. The second kappa shape index (κ2) is 15.2. The minimum Gasteiger partial charge on any atom is -0.305 e. The Hall–Kier alpha value is -6.70. The first-order chi connectivity index (χ1) is 27.6. The number of fused-ring (bicyclic) bond motifs is 3. The van der Waals surface area contributed by atoms with Crippen molar-refractivity contribution >= 4 is 33.9 Å². The molecule has 0 bridgehead atoms. The summed E-state index contributed by atoms with van der Waals surface area (Å²) in [7, 11) is 2.19. The summed E-state index contributed by atoms with van der Waals surface area (Å²) in [6.45, 7) is 3.80. The molecule has 0 radical (unpaired) electrons. The molecule has 8 aromatic rings. The average Bonchev–Trinajstić information content (AvgIpc) is 3.60. The highest BCUT2D eigenvalue weighted by molar-refractivity contribution is 6.34. The molecule has 0 aliphatic carbocycles. The number of nitrogens with one attached hydrogen (secondary N) is 3. The lowest BCUT2D eigenvalue weighted by Crippen LogP contribution is -2.54. The van der Waals surface area contributed by atoms with Crippen LogP contribution < -0.4 is 10.6 Å². The van der Waals surface area contributed by atoms with Gasteiger partial charge in [0.05, 0.1) is 35.7 Å². The predicted molar refractivity (Wildman–Crippen MR) is 233 cm³/mol. The first kappa shape index (κ1) is 35.0. The van der Waals surface area contributed by atoms with Gasteiger partial charge in [0, 0.05) is 17.0 Å². The maximum Gasteiger partial charge on any atom is 0.155 e. The van der Waals surface area contributed by atoms with Crippen LogP contribution in [0.15, 0.2) is 194 Å². The molecule has 9 rings (SSSR count). The molecule has 1 fully saturated rings. The Morgan fingerprint density at radius 1 is 0.536 bits per heavy atom. The zero-order valence-electron chi connectivity index (χ0n) is 31.2. The van der Waals surface area contributed by atoms with Crippen molar-refractivity contribution in [3.8, 4) is 33.4 Å². The fourth-order valence-corrected chi connectivity index (χ4v) is 8.17. The van der Waals surface area contributed by atoms with Crippen LogP contribution in [0.1, 0.15) is 35.2 Å². The standard InChI is InChI=1S/C50H42N6/c1-3-52-47(33-51)56-45-22-14-13-21-43(45)44-32-39(27-28-46(44)56)41-29-40(36-25-23-35(24-26-36)34-15-7-4-8-16-34)30-42(31-41)50-54-48(37-17-9-5-10-18-37)53-49(55(50)2)38-19-11-6-12-20-38/h3-33,48-51,53-54H,1H2,2H3. The number of hydrogen-bond acceptors (Lipinski definition) is 5. The predicted octanol–water partition coefficient (Wildman–Crippen LogP) is 11.4. The molecule has 2 heterocycles. The molecule has 0 spiro atoms. The molecule has 3 N–H and O–H groups in total. The zero-order valence-corrected chi connectivity index (χ0v) is 31.2. The number of nitrogens with zero attached hydrogens (tertiary/aromatic N) is 3. The summed E-state index contributed by atoms with van der Waals surface area (Å²) >= 11 is 0. The quantitative estimate of drug-likeness (QED) is 0.108. The van der Waals surface area contributed by atoms with E-state index in [1.165, 1.54) is 40.2 Å². The van der Waals surface area contributed by atoms with E-state index in [0.29, 0.717) is 5.84 Å². The third-order valence-electron chi connectivity index (χ3n) is 10.9. The summed E-state index contributed by atoms with van der Waals surface area (Å²) in [5.41, 5.74) is 12.5. The molecule has 0 amide bonds. The molecule has 6 nitrogen and oxygen atoms in total. The van der Waals surface area contributed by atoms with Gasteiger partial charge < -0.3 is 5.41 Å². The molecule has 0 saturated carbocycles. The van der Waals surface area contributed by atoms with Crippen LogP contribution in [-0.4, -0.2) is 28.6 Å². The van der Waals surface area contributed by atoms with Crippen molar-refractivity contribution < 1.29 is 0 Å². The van der Waals surface area contributed by atoms with E-state index < -0.39 is 0 Å². The SMILES string of the molecule is C=CN=C(C=N)n1c2ccccc2c2cc(-c3cc(-c4ccc(-c5ccccc5)cc4)cc(C4NC(c5ccccc5)NC(c5ccccc5)N4C)c3)ccc21. The van der Waals surface area contributed by atoms with Crippen LogP contribution in [0.3, 0.4) is 0 Å². The Labute approximate surface area is 327 Å². The van der Waals surface area contributed by atoms with Crippen molar-refractivity contribution in [3.63, 3.8) is 0 Å². The van der Waals surface area contributed by atoms with Crippen molar-refractivity contribution in [2.75, 3.05) is 7.05 Å². The van der Waals surface area contributed by atoms with Gasteiger partial charge >= 0.3 is 0 Å². The van der Waals surface area contributed by atoms with E-state index in [1.807, 2.05) is 10.6 Å². The summed E-state index contributed by atoms with van der Waals surface area (Å²) in [4.78, 5) is 6.84. The van der Waals surface area contributed by atoms with Gasteiger partial charge in [-0.2, -0.15) is 0 Å². The Kier molecular flexibility index (Phi) is 9.51. The van der Waals surface area contributed by atoms with Crippen molar-refractivity contribution in [3.05, 3.63) is 205 Å². The fraction of sp³-hybridized carbons (Fsp3) is 0.0800. The normalized spacial score (nSPS) is 17.6. The smallest absolute Gasteiger partial charge is 0.155 e. The number of rotatable bonds is 8. The van der Waals surface area contributed by atoms with Crippen LogP contribution >= 0.6 is 0 Å². The lowest BCUT2D eigenvalue weighted by atomic mass is 9.92. The van der Waals surface area contributed by atoms with E-state index in [4.69, 9.17) is 5.41 Å². The van der Waals surface area contributed by atoms with Crippen LogP contribution in [0.2, 0.25) is 0 Å². The molecule has 56 heavy (non-hydrogen) atoms. The zero-order chi connectivity index (χ0) is 38.0. The number of benzene rings is 7. The van der Waals surface area contributed by atoms with Crippen LogP contribution in [-0.2, 0) is 0 Å². The number of aliphatic imine (C=N–C) groups is 1. The van der Waals surface area contributed by atoms with Crippen LogP contribution in [0.5, 0.6) is 0 Å². The summed E-state index contributed by atoms with van der Waals surface area (Å²) in [6, 6.07) is 62.7. The molecule has 7 aromatic carbocycles. The van der Waals surface area contributed by atoms with E-state index in [1.54, 1.807) is 0 Å². The lowest BCUT2D eigenvalue weighted by Gasteiger charge is -2.46. The molecule has 1 aliphatic rings. The highest BCUT2D eigenvalue weighted by Gasteiger charge is 2.35. The largest absolute Gasteiger partial charge is 0.305 e. The van der Waals surface area contributed by atoms with E-state index >= 15 is 0 Å². The lowest BCUT2D eigenvalue weighted by molar-refractivity contribution is 0.0416. The first-order valence-electron chi connectivity index (χ1n) is 19.0. The third-order valence-corrected chi connectivity index (χ3v) is 10.9. The van der Waals surface area contributed by atoms with Gasteiger partial charge in [-0.15, -0.1) is 0 Å². The number of para-hydroxylation sites is 1. The summed E-state index contributed by atoms with van der Waals surface area (Å²) in [5.74, 6) is 0.517. The third kappa shape index (κ3) is 6.56. The first-order valence-corrected chi connectivity index (χ1v) is 19.0. The second-order valence-electron chi connectivity index (χ2n) is 14.2. The Balaban J connectivity index is 1.21. The second-order valence-corrected chi connectivity index (χ2v) is 14.2. The van der Waals surface area contributed by atoms with Gasteiger partial charge in [0.15, 0.2) is 5.84 Å². The minimum atomic E-state index is -0.120. The monoisotopic (exact) mass is 726 g/mol. The van der Waals surface area contributed by atoms with Gasteiger partial charge in [-0.1, -0.05) is 146 Å². The molecular formula is C50H42N6. The van der Waals surface area contributed by atoms with Gasteiger partial charge in [-0.3, -0.25) is 20.1 Å². The van der Waals surface area contributed by atoms with Gasteiger partial charge in [-0.05, 0) is 93.5 Å². The molecule has 6 heteroatoms. The Bertz CT molecular complexity index is 2700. The summed E-state index contributed by atoms with van der Waals surface area (Å²) in [5, 5.41) is 18.2.